The minimum Gasteiger partial charge on any atom is -0.497 e. The summed E-state index contributed by atoms with van der Waals surface area (Å²) in [6, 6.07) is 20.8. The number of anilines is 2. The maximum atomic E-state index is 12.9. The lowest BCUT2D eigenvalue weighted by Crippen LogP contribution is -2.22. The molecule has 2 aromatic carbocycles. The van der Waals surface area contributed by atoms with E-state index in [-0.39, 0.29) is 27.9 Å². The molecule has 0 aliphatic heterocycles. The Balaban J connectivity index is 1.57. The summed E-state index contributed by atoms with van der Waals surface area (Å²) in [5.41, 5.74) is 9.08. The molecule has 1 atom stereocenters. The zero-order valence-electron chi connectivity index (χ0n) is 19.4. The van der Waals surface area contributed by atoms with Crippen LogP contribution in [0.25, 0.3) is 22.4 Å². The number of nitrogens with zero attached hydrogens (tertiary/aromatic N) is 4. The Labute approximate surface area is 216 Å². The summed E-state index contributed by atoms with van der Waals surface area (Å²) in [7, 11) is 1.60. The van der Waals surface area contributed by atoms with Crippen molar-refractivity contribution in [3.63, 3.8) is 0 Å². The fraction of sp³-hybridized carbons (Fsp3) is 0.115. The number of nitriles is 2. The number of thiazole rings is 1. The van der Waals surface area contributed by atoms with E-state index in [1.807, 2.05) is 47.8 Å². The van der Waals surface area contributed by atoms with Gasteiger partial charge in [0.2, 0.25) is 5.91 Å². The molecule has 4 rings (SSSR count). The zero-order valence-corrected chi connectivity index (χ0v) is 21.0. The van der Waals surface area contributed by atoms with E-state index < -0.39 is 5.25 Å². The highest BCUT2D eigenvalue weighted by Crippen LogP contribution is 2.37. The second kappa shape index (κ2) is 10.9. The molecule has 4 aromatic rings. The zero-order chi connectivity index (χ0) is 25.7. The molecule has 8 nitrogen and oxygen atoms in total. The van der Waals surface area contributed by atoms with Crippen LogP contribution in [0.2, 0.25) is 0 Å². The predicted molar refractivity (Wildman–Crippen MR) is 142 cm³/mol. The number of nitrogens with two attached hydrogens (primary N) is 1. The molecule has 0 aliphatic carbocycles. The highest BCUT2D eigenvalue weighted by molar-refractivity contribution is 8.00. The van der Waals surface area contributed by atoms with E-state index in [9.17, 15) is 15.3 Å². The van der Waals surface area contributed by atoms with Gasteiger partial charge in [-0.2, -0.15) is 10.5 Å². The lowest BCUT2D eigenvalue weighted by Gasteiger charge is -2.15. The third kappa shape index (κ3) is 5.15. The summed E-state index contributed by atoms with van der Waals surface area (Å²) < 4.78 is 5.26. The van der Waals surface area contributed by atoms with Gasteiger partial charge in [0.15, 0.2) is 5.13 Å². The summed E-state index contributed by atoms with van der Waals surface area (Å²) in [4.78, 5) is 21.7. The van der Waals surface area contributed by atoms with Gasteiger partial charge in [-0.3, -0.25) is 4.79 Å². The van der Waals surface area contributed by atoms with E-state index in [1.165, 1.54) is 11.3 Å². The van der Waals surface area contributed by atoms with Gasteiger partial charge in [-0.1, -0.05) is 54.2 Å². The highest BCUT2D eigenvalue weighted by atomic mass is 32.2. The molecule has 0 fully saturated rings. The first-order valence-electron chi connectivity index (χ1n) is 10.7. The van der Waals surface area contributed by atoms with Crippen molar-refractivity contribution in [3.05, 3.63) is 71.1 Å². The first-order chi connectivity index (χ1) is 17.4. The van der Waals surface area contributed by atoms with E-state index >= 15 is 0 Å². The van der Waals surface area contributed by atoms with Crippen LogP contribution in [0.15, 0.2) is 65.0 Å². The Bertz CT molecular complexity index is 1510. The number of benzene rings is 2. The summed E-state index contributed by atoms with van der Waals surface area (Å²) in [6.07, 6.45) is 0. The number of amides is 1. The number of aromatic nitrogens is 2. The molecule has 1 amide bonds. The number of nitrogen functional groups attached to an aromatic ring is 1. The van der Waals surface area contributed by atoms with Crippen LogP contribution >= 0.6 is 23.1 Å². The normalized spacial score (nSPS) is 11.2. The molecule has 36 heavy (non-hydrogen) atoms. The first-order valence-corrected chi connectivity index (χ1v) is 12.5. The number of carbonyl (C=O) groups excluding carboxylic acids is 1. The van der Waals surface area contributed by atoms with Crippen LogP contribution in [0, 0.1) is 22.7 Å². The second-order valence-corrected chi connectivity index (χ2v) is 9.72. The minimum absolute atomic E-state index is 0.00770. The number of hydrogen-bond donors (Lipinski definition) is 2. The van der Waals surface area contributed by atoms with Crippen molar-refractivity contribution < 1.29 is 9.53 Å². The fourth-order valence-electron chi connectivity index (χ4n) is 3.45. The van der Waals surface area contributed by atoms with Crippen LogP contribution in [0.4, 0.5) is 10.9 Å². The van der Waals surface area contributed by atoms with Crippen molar-refractivity contribution in [1.29, 1.82) is 10.5 Å². The van der Waals surface area contributed by atoms with E-state index in [4.69, 9.17) is 10.5 Å². The second-order valence-electron chi connectivity index (χ2n) is 7.54. The lowest BCUT2D eigenvalue weighted by atomic mass is 9.97. The van der Waals surface area contributed by atoms with Gasteiger partial charge < -0.3 is 15.8 Å². The van der Waals surface area contributed by atoms with E-state index in [0.717, 1.165) is 23.0 Å². The number of ether oxygens (including phenoxy) is 1. The maximum Gasteiger partial charge on any atom is 0.239 e. The largest absolute Gasteiger partial charge is 0.497 e. The Hall–Kier alpha value is -4.38. The summed E-state index contributed by atoms with van der Waals surface area (Å²) in [5, 5.41) is 24.4. The lowest BCUT2D eigenvalue weighted by molar-refractivity contribution is -0.115. The monoisotopic (exact) mass is 512 g/mol. The standard InChI is InChI=1S/C26H20N6O2S2/c1-15(24(33)32-26-30-21(14-35-26)17-9-6-10-18(11-17)34-2)36-25-20(13-28)22(16-7-4-3-5-8-16)19(12-27)23(29)31-25/h3-11,14-15H,1-2H3,(H2,29,31)(H,30,32,33). The molecule has 2 aromatic heterocycles. The quantitative estimate of drug-likeness (QED) is 0.317. The molecule has 0 spiro atoms. The summed E-state index contributed by atoms with van der Waals surface area (Å²) >= 11 is 2.41. The van der Waals surface area contributed by atoms with Crippen molar-refractivity contribution in [3.8, 4) is 40.3 Å². The van der Waals surface area contributed by atoms with Crippen LogP contribution in [-0.2, 0) is 4.79 Å². The van der Waals surface area contributed by atoms with Crippen molar-refractivity contribution in [2.75, 3.05) is 18.2 Å². The molecule has 0 radical (unpaired) electrons. The number of carbonyl (C=O) groups is 1. The molecule has 3 N–H and O–H groups in total. The Morgan fingerprint density at radius 1 is 1.08 bits per heavy atom. The van der Waals surface area contributed by atoms with Crippen molar-refractivity contribution in [2.24, 2.45) is 0 Å². The Morgan fingerprint density at radius 3 is 2.50 bits per heavy atom. The SMILES string of the molecule is COc1cccc(-c2csc(NC(=O)C(C)Sc3nc(N)c(C#N)c(-c4ccccc4)c3C#N)n2)c1. The highest BCUT2D eigenvalue weighted by Gasteiger charge is 2.24. The summed E-state index contributed by atoms with van der Waals surface area (Å²) in [6.45, 7) is 1.70. The van der Waals surface area contributed by atoms with Gasteiger partial charge in [0, 0.05) is 16.5 Å². The Morgan fingerprint density at radius 2 is 1.81 bits per heavy atom. The molecule has 0 saturated heterocycles. The third-order valence-corrected chi connectivity index (χ3v) is 7.08. The average molecular weight is 513 g/mol. The van der Waals surface area contributed by atoms with Gasteiger partial charge in [-0.25, -0.2) is 9.97 Å². The van der Waals surface area contributed by atoms with Gasteiger partial charge >= 0.3 is 0 Å². The van der Waals surface area contributed by atoms with E-state index in [0.29, 0.717) is 22.0 Å². The smallest absolute Gasteiger partial charge is 0.239 e. The van der Waals surface area contributed by atoms with Crippen LogP contribution < -0.4 is 15.8 Å². The number of pyridine rings is 1. The molecule has 178 valence electrons. The van der Waals surface area contributed by atoms with Crippen molar-refractivity contribution in [1.82, 2.24) is 9.97 Å². The van der Waals surface area contributed by atoms with Crippen LogP contribution in [-0.4, -0.2) is 28.2 Å². The maximum absolute atomic E-state index is 12.9. The third-order valence-electron chi connectivity index (χ3n) is 5.24. The van der Waals surface area contributed by atoms with Crippen molar-refractivity contribution in [2.45, 2.75) is 17.2 Å². The van der Waals surface area contributed by atoms with Crippen molar-refractivity contribution >= 4 is 40.0 Å². The van der Waals surface area contributed by atoms with Gasteiger partial charge in [-0.05, 0) is 24.6 Å². The van der Waals surface area contributed by atoms with Gasteiger partial charge in [0.05, 0.1) is 23.6 Å². The number of hydrogen-bond acceptors (Lipinski definition) is 9. The molecule has 2 heterocycles. The minimum atomic E-state index is -0.621. The molecule has 0 bridgehead atoms. The topological polar surface area (TPSA) is 138 Å². The molecular formula is C26H20N6O2S2. The molecule has 0 saturated carbocycles. The molecule has 1 unspecified atom stereocenters. The molecule has 0 aliphatic rings. The molecule has 10 heteroatoms. The Kier molecular flexibility index (Phi) is 7.50. The number of nitrogens with one attached hydrogen (secondary N) is 1. The van der Waals surface area contributed by atoms with Crippen LogP contribution in [0.3, 0.4) is 0 Å². The fourth-order valence-corrected chi connectivity index (χ4v) is 5.09. The van der Waals surface area contributed by atoms with Crippen LogP contribution in [0.5, 0.6) is 5.75 Å². The molecular weight excluding hydrogens is 492 g/mol. The number of thioether (sulfide) groups is 1. The first kappa shape index (κ1) is 24.7. The van der Waals surface area contributed by atoms with Gasteiger partial charge in [0.25, 0.3) is 0 Å². The average Bonchev–Trinajstić information content (AvgIpc) is 3.37. The van der Waals surface area contributed by atoms with E-state index in [1.54, 1.807) is 26.2 Å². The van der Waals surface area contributed by atoms with Gasteiger partial charge in [-0.15, -0.1) is 11.3 Å². The summed E-state index contributed by atoms with van der Waals surface area (Å²) in [5.74, 6) is 0.420. The predicted octanol–water partition coefficient (Wildman–Crippen LogP) is 5.33. The van der Waals surface area contributed by atoms with Gasteiger partial charge in [0.1, 0.15) is 34.3 Å². The van der Waals surface area contributed by atoms with E-state index in [2.05, 4.69) is 27.4 Å². The van der Waals surface area contributed by atoms with Crippen LogP contribution in [0.1, 0.15) is 18.1 Å². The number of rotatable bonds is 7. The number of methoxy groups -OCH3 is 1.